The van der Waals surface area contributed by atoms with E-state index in [0.717, 1.165) is 57.2 Å². The molecule has 0 saturated heterocycles. The third-order valence-electron chi connectivity index (χ3n) is 12.0. The quantitative estimate of drug-likeness (QED) is 0.0947. The first kappa shape index (κ1) is 45.0. The summed E-state index contributed by atoms with van der Waals surface area (Å²) in [6.07, 6.45) is 2.43. The second-order valence-electron chi connectivity index (χ2n) is 16.5. The van der Waals surface area contributed by atoms with Crippen LogP contribution in [0, 0.1) is 18.3 Å². The first-order valence-corrected chi connectivity index (χ1v) is 24.3. The minimum Gasteiger partial charge on any atom is -0.489 e. The number of carbonyl (C=O) groups is 2. The zero-order chi connectivity index (χ0) is 46.1. The number of hydrogen-bond acceptors (Lipinski definition) is 11. The van der Waals surface area contributed by atoms with Crippen LogP contribution in [0.2, 0.25) is 10.0 Å². The summed E-state index contributed by atoms with van der Waals surface area (Å²) in [4.78, 5) is 31.7. The first-order valence-electron chi connectivity index (χ1n) is 21.3. The molecule has 3 atom stereocenters. The number of ether oxygens (including phenoxy) is 3. The van der Waals surface area contributed by atoms with Gasteiger partial charge in [0.15, 0.2) is 26.9 Å². The molecule has 0 spiro atoms. The van der Waals surface area contributed by atoms with E-state index in [9.17, 15) is 23.1 Å². The van der Waals surface area contributed by atoms with Gasteiger partial charge in [0, 0.05) is 19.0 Å². The maximum absolute atomic E-state index is 14.8. The van der Waals surface area contributed by atoms with Gasteiger partial charge in [0.1, 0.15) is 31.0 Å². The zero-order valence-corrected chi connectivity index (χ0v) is 38.6. The van der Waals surface area contributed by atoms with E-state index in [0.29, 0.717) is 67.0 Å². The third kappa shape index (κ3) is 9.70. The molecule has 5 aromatic carbocycles. The molecule has 3 aliphatic rings. The molecule has 0 radical (unpaired) electrons. The second-order valence-corrected chi connectivity index (χ2v) is 20.4. The van der Waals surface area contributed by atoms with Crippen LogP contribution in [0.1, 0.15) is 64.4 Å². The van der Waals surface area contributed by atoms with Gasteiger partial charge in [-0.25, -0.2) is 18.2 Å². The number of benzene rings is 5. The Balaban J connectivity index is 0.948. The number of aliphatic carboxylic acids is 1. The van der Waals surface area contributed by atoms with Gasteiger partial charge in [0.05, 0.1) is 27.4 Å². The van der Waals surface area contributed by atoms with Crippen LogP contribution in [-0.4, -0.2) is 59.4 Å². The number of aryl methyl sites for hydroxylation is 1. The van der Waals surface area contributed by atoms with Gasteiger partial charge in [-0.2, -0.15) is 9.57 Å². The topological polar surface area (TPSA) is 180 Å². The van der Waals surface area contributed by atoms with Crippen molar-refractivity contribution in [3.8, 4) is 34.4 Å². The van der Waals surface area contributed by atoms with Crippen molar-refractivity contribution < 1.29 is 37.3 Å². The van der Waals surface area contributed by atoms with Crippen molar-refractivity contribution in [3.05, 3.63) is 152 Å². The summed E-state index contributed by atoms with van der Waals surface area (Å²) in [5, 5.41) is 26.9. The molecular formula is C49H43Cl2N5O8S2. The highest BCUT2D eigenvalue weighted by Crippen LogP contribution is 2.43. The van der Waals surface area contributed by atoms with Crippen molar-refractivity contribution in [3.63, 3.8) is 0 Å². The van der Waals surface area contributed by atoms with E-state index in [4.69, 9.17) is 42.7 Å². The van der Waals surface area contributed by atoms with E-state index in [1.807, 2.05) is 54.6 Å². The summed E-state index contributed by atoms with van der Waals surface area (Å²) in [6.45, 7) is 1.92. The van der Waals surface area contributed by atoms with Gasteiger partial charge in [0.25, 0.3) is 10.0 Å². The molecule has 1 unspecified atom stereocenters. The SMILES string of the molecule is Cc1nc(NC2CCC2)sc1S(=O)(=O)N1Cc2cc3c(cc2C[C@H]1C(=O)NC(Cc1ccc(-c2ccc(C#N)cc2)cc1)C(=O)O)OC[C@H](c1ccc(OCc2ccc(Cl)c(Cl)c2)cc1)O3. The summed E-state index contributed by atoms with van der Waals surface area (Å²) < 4.78 is 49.4. The van der Waals surface area contributed by atoms with Crippen LogP contribution >= 0.6 is 34.5 Å². The lowest BCUT2D eigenvalue weighted by molar-refractivity contribution is -0.142. The standard InChI is InChI=1S/C49H43Cl2N5O8S2/c1-28-48(65-49(53-28)54-37-3-2-4-37)66(60,61)56-25-36-23-44-43(63-27-45(64-44)34-14-16-38(17-15-34)62-26-31-9-18-39(50)40(51)19-31)22-35(36)21-42(56)46(57)55-41(47(58)59)20-29-5-10-32(11-6-29)33-12-7-30(24-52)8-13-33/h5-19,22-23,37,41-42,45H,2-4,20-21,25-27H2,1H3,(H,53,54)(H,55,57)(H,58,59)/t41?,42-,45+/m0/s1. The van der Waals surface area contributed by atoms with Gasteiger partial charge in [-0.1, -0.05) is 89.1 Å². The third-order valence-corrected chi connectivity index (χ3v) is 16.3. The number of thiazole rings is 1. The second kappa shape index (κ2) is 19.0. The van der Waals surface area contributed by atoms with Crippen LogP contribution in [0.5, 0.6) is 17.2 Å². The Morgan fingerprint density at radius 1 is 0.939 bits per heavy atom. The molecule has 13 nitrogen and oxygen atoms in total. The lowest BCUT2D eigenvalue weighted by Gasteiger charge is -2.36. The molecule has 1 aromatic heterocycles. The minimum absolute atomic E-state index is 0.00436. The van der Waals surface area contributed by atoms with Gasteiger partial charge >= 0.3 is 5.97 Å². The van der Waals surface area contributed by atoms with E-state index in [2.05, 4.69) is 21.7 Å². The summed E-state index contributed by atoms with van der Waals surface area (Å²) in [5.41, 5.74) is 6.24. The number of nitriles is 1. The Labute approximate surface area is 395 Å². The number of fused-ring (bicyclic) bond motifs is 2. The van der Waals surface area contributed by atoms with Crippen molar-refractivity contribution >= 4 is 61.6 Å². The van der Waals surface area contributed by atoms with Crippen LogP contribution < -0.4 is 24.8 Å². The molecule has 6 aromatic rings. The average molecular weight is 965 g/mol. The number of nitrogens with one attached hydrogen (secondary N) is 2. The number of nitrogens with zero attached hydrogens (tertiary/aromatic N) is 3. The van der Waals surface area contributed by atoms with Crippen molar-refractivity contribution in [2.45, 2.75) is 80.6 Å². The normalized spacial score (nSPS) is 17.4. The summed E-state index contributed by atoms with van der Waals surface area (Å²) in [7, 11) is -4.36. The van der Waals surface area contributed by atoms with Gasteiger partial charge in [0.2, 0.25) is 5.91 Å². The van der Waals surface area contributed by atoms with Gasteiger partial charge < -0.3 is 30.0 Å². The number of rotatable bonds is 14. The van der Waals surface area contributed by atoms with Gasteiger partial charge in [-0.05, 0) is 120 Å². The Kier molecular flexibility index (Phi) is 13.0. The molecule has 1 saturated carbocycles. The number of halogens is 2. The zero-order valence-electron chi connectivity index (χ0n) is 35.5. The van der Waals surface area contributed by atoms with Crippen LogP contribution in [-0.2, 0) is 45.6 Å². The summed E-state index contributed by atoms with van der Waals surface area (Å²) in [5.74, 6) is -0.514. The molecule has 0 bridgehead atoms. The van der Waals surface area contributed by atoms with Crippen LogP contribution in [0.3, 0.4) is 0 Å². The number of anilines is 1. The number of carboxylic acid groups (broad SMARTS) is 1. The van der Waals surface area contributed by atoms with Crippen LogP contribution in [0.4, 0.5) is 5.13 Å². The van der Waals surface area contributed by atoms with Gasteiger partial charge in [-0.15, -0.1) is 0 Å². The Morgan fingerprint density at radius 2 is 1.64 bits per heavy atom. The number of hydrogen-bond donors (Lipinski definition) is 3. The number of carboxylic acids is 1. The lowest BCUT2D eigenvalue weighted by Crippen LogP contribution is -2.55. The van der Waals surface area contributed by atoms with Gasteiger partial charge in [-0.3, -0.25) is 4.79 Å². The van der Waals surface area contributed by atoms with E-state index in [1.165, 1.54) is 0 Å². The Hall–Kier alpha value is -6.15. The monoisotopic (exact) mass is 963 g/mol. The maximum Gasteiger partial charge on any atom is 0.326 e. The number of amides is 1. The molecule has 17 heteroatoms. The largest absolute Gasteiger partial charge is 0.489 e. The Morgan fingerprint density at radius 3 is 2.30 bits per heavy atom. The maximum atomic E-state index is 14.8. The molecule has 338 valence electrons. The van der Waals surface area contributed by atoms with Crippen molar-refractivity contribution in [2.24, 2.45) is 0 Å². The van der Waals surface area contributed by atoms with Crippen LogP contribution in [0.25, 0.3) is 11.1 Å². The highest BCUT2D eigenvalue weighted by atomic mass is 35.5. The predicted molar refractivity (Wildman–Crippen MR) is 251 cm³/mol. The molecule has 2 aliphatic heterocycles. The molecular weight excluding hydrogens is 922 g/mol. The fraction of sp³-hybridized carbons (Fsp3) is 0.265. The van der Waals surface area contributed by atoms with E-state index in [1.54, 1.807) is 55.5 Å². The van der Waals surface area contributed by atoms with E-state index >= 15 is 0 Å². The van der Waals surface area contributed by atoms with E-state index < -0.39 is 40.1 Å². The number of carbonyl (C=O) groups excluding carboxylic acids is 1. The lowest BCUT2D eigenvalue weighted by atomic mass is 9.93. The predicted octanol–water partition coefficient (Wildman–Crippen LogP) is 9.28. The molecule has 1 amide bonds. The summed E-state index contributed by atoms with van der Waals surface area (Å²) in [6, 6.07) is 30.3. The smallest absolute Gasteiger partial charge is 0.326 e. The number of sulfonamides is 1. The first-order chi connectivity index (χ1) is 31.8. The highest BCUT2D eigenvalue weighted by molar-refractivity contribution is 7.91. The molecule has 9 rings (SSSR count). The Bertz CT molecular complexity index is 2960. The molecule has 3 heterocycles. The van der Waals surface area contributed by atoms with Crippen LogP contribution in [0.15, 0.2) is 107 Å². The molecule has 3 N–H and O–H groups in total. The van der Waals surface area contributed by atoms with Crippen molar-refractivity contribution in [2.75, 3.05) is 11.9 Å². The fourth-order valence-corrected chi connectivity index (χ4v) is 11.6. The van der Waals surface area contributed by atoms with Crippen molar-refractivity contribution in [1.29, 1.82) is 5.26 Å². The molecule has 1 aliphatic carbocycles. The molecule has 1 fully saturated rings. The van der Waals surface area contributed by atoms with Crippen molar-refractivity contribution in [1.82, 2.24) is 14.6 Å². The fourth-order valence-electron chi connectivity index (χ4n) is 8.13. The number of aromatic nitrogens is 1. The molecule has 66 heavy (non-hydrogen) atoms. The average Bonchev–Trinajstić information content (AvgIpc) is 3.70. The highest BCUT2D eigenvalue weighted by Gasteiger charge is 2.43. The van der Waals surface area contributed by atoms with E-state index in [-0.39, 0.29) is 36.2 Å². The summed E-state index contributed by atoms with van der Waals surface area (Å²) >= 11 is 13.2. The minimum atomic E-state index is -4.36.